The van der Waals surface area contributed by atoms with Gasteiger partial charge in [0.2, 0.25) is 0 Å². The second-order valence-electron chi connectivity index (χ2n) is 3.36. The van der Waals surface area contributed by atoms with Gasteiger partial charge in [0.25, 0.3) is 0 Å². The van der Waals surface area contributed by atoms with Crippen molar-refractivity contribution < 1.29 is 0 Å². The molecule has 1 N–H and O–H groups in total. The van der Waals surface area contributed by atoms with Crippen LogP contribution < -0.4 is 0 Å². The van der Waals surface area contributed by atoms with Gasteiger partial charge >= 0.3 is 0 Å². The van der Waals surface area contributed by atoms with Gasteiger partial charge < -0.3 is 4.98 Å². The minimum atomic E-state index is 0.436. The number of aromatic nitrogens is 2. The van der Waals surface area contributed by atoms with Crippen LogP contribution in [0.5, 0.6) is 0 Å². The van der Waals surface area contributed by atoms with E-state index in [0.29, 0.717) is 14.8 Å². The molecule has 2 rings (SSSR count). The molecule has 16 heavy (non-hydrogen) atoms. The van der Waals surface area contributed by atoms with Crippen molar-refractivity contribution in [2.24, 2.45) is 0 Å². The summed E-state index contributed by atoms with van der Waals surface area (Å²) in [6.45, 7) is 1.92. The molecule has 0 unspecified atom stereocenters. The lowest BCUT2D eigenvalue weighted by Crippen LogP contribution is -1.91. The third-order valence-corrected chi connectivity index (χ3v) is 3.12. The molecule has 2 aromatic rings. The zero-order valence-corrected chi connectivity index (χ0v) is 10.7. The Balaban J connectivity index is 2.67. The van der Waals surface area contributed by atoms with E-state index in [1.807, 2.05) is 25.1 Å². The molecule has 2 nitrogen and oxygen atoms in total. The maximum absolute atomic E-state index is 6.12. The Hall–Kier alpha value is -0.900. The molecule has 0 aliphatic heterocycles. The third-order valence-electron chi connectivity index (χ3n) is 2.11. The summed E-state index contributed by atoms with van der Waals surface area (Å²) in [5.74, 6) is 0. The maximum atomic E-state index is 6.12. The molecule has 0 atom stereocenters. The van der Waals surface area contributed by atoms with Crippen LogP contribution in [0, 0.1) is 11.7 Å². The van der Waals surface area contributed by atoms with E-state index in [-0.39, 0.29) is 0 Å². The van der Waals surface area contributed by atoms with E-state index < -0.39 is 0 Å². The number of halogens is 2. The smallest absolute Gasteiger partial charge is 0.197 e. The summed E-state index contributed by atoms with van der Waals surface area (Å²) in [4.78, 5) is 7.16. The molecule has 5 heteroatoms. The summed E-state index contributed by atoms with van der Waals surface area (Å²) in [6, 6.07) is 7.32. The van der Waals surface area contributed by atoms with Gasteiger partial charge in [-0.3, -0.25) is 0 Å². The fourth-order valence-corrected chi connectivity index (χ4v) is 2.08. The normalized spacial score (nSPS) is 10.4. The van der Waals surface area contributed by atoms with E-state index in [1.54, 1.807) is 6.07 Å². The predicted octanol–water partition coefficient (Wildman–Crippen LogP) is 4.42. The summed E-state index contributed by atoms with van der Waals surface area (Å²) in [5.41, 5.74) is 2.46. The van der Waals surface area contributed by atoms with Crippen LogP contribution in [0.15, 0.2) is 24.3 Å². The van der Waals surface area contributed by atoms with Gasteiger partial charge in [-0.15, -0.1) is 0 Å². The van der Waals surface area contributed by atoms with Gasteiger partial charge in [0, 0.05) is 11.3 Å². The average molecular weight is 271 g/mol. The summed E-state index contributed by atoms with van der Waals surface area (Å²) in [7, 11) is 0. The lowest BCUT2D eigenvalue weighted by molar-refractivity contribution is 1.08. The Kier molecular flexibility index (Phi) is 3.28. The summed E-state index contributed by atoms with van der Waals surface area (Å²) < 4.78 is 0.436. The van der Waals surface area contributed by atoms with Crippen LogP contribution in [0.25, 0.3) is 11.3 Å². The number of H-pyrrole nitrogens is 1. The van der Waals surface area contributed by atoms with Crippen molar-refractivity contribution in [3.63, 3.8) is 0 Å². The topological polar surface area (TPSA) is 28.7 Å². The number of benzene rings is 1. The van der Waals surface area contributed by atoms with Crippen molar-refractivity contribution in [3.05, 3.63) is 44.8 Å². The standard InChI is InChI=1S/C11H8Cl2N2S/c1-6-5-9(15-11(16)14-6)7-3-2-4-8(12)10(7)13/h2-5H,1H3,(H,14,15,16). The Morgan fingerprint density at radius 1 is 1.31 bits per heavy atom. The van der Waals surface area contributed by atoms with E-state index in [2.05, 4.69) is 9.97 Å². The molecule has 1 aromatic carbocycles. The molecule has 1 heterocycles. The molecule has 0 fully saturated rings. The minimum absolute atomic E-state index is 0.436. The first-order valence-corrected chi connectivity index (χ1v) is 5.76. The Labute approximate surface area is 108 Å². The average Bonchev–Trinajstić information content (AvgIpc) is 2.20. The molecule has 0 spiro atoms. The molecular weight excluding hydrogens is 263 g/mol. The van der Waals surface area contributed by atoms with E-state index in [1.165, 1.54) is 0 Å². The third kappa shape index (κ3) is 2.26. The molecule has 1 aromatic heterocycles. The largest absolute Gasteiger partial charge is 0.335 e. The first kappa shape index (κ1) is 11.6. The quantitative estimate of drug-likeness (QED) is 0.778. The van der Waals surface area contributed by atoms with Crippen LogP contribution in [-0.4, -0.2) is 9.97 Å². The van der Waals surface area contributed by atoms with Crippen molar-refractivity contribution in [1.82, 2.24) is 9.97 Å². The fourth-order valence-electron chi connectivity index (χ4n) is 1.42. The van der Waals surface area contributed by atoms with Crippen LogP contribution in [0.1, 0.15) is 5.69 Å². The van der Waals surface area contributed by atoms with Gasteiger partial charge in [0.05, 0.1) is 15.7 Å². The van der Waals surface area contributed by atoms with Gasteiger partial charge in [0.15, 0.2) is 4.77 Å². The highest BCUT2D eigenvalue weighted by Crippen LogP contribution is 2.32. The zero-order chi connectivity index (χ0) is 11.7. The Morgan fingerprint density at radius 3 is 2.75 bits per heavy atom. The van der Waals surface area contributed by atoms with Gasteiger partial charge in [0.1, 0.15) is 0 Å². The molecular formula is C11H8Cl2N2S. The Morgan fingerprint density at radius 2 is 2.06 bits per heavy atom. The molecule has 0 radical (unpaired) electrons. The summed E-state index contributed by atoms with van der Waals surface area (Å²) in [5, 5.41) is 1.01. The summed E-state index contributed by atoms with van der Waals surface area (Å²) in [6.07, 6.45) is 0. The number of nitrogens with zero attached hydrogens (tertiary/aromatic N) is 1. The maximum Gasteiger partial charge on any atom is 0.197 e. The molecule has 0 bridgehead atoms. The van der Waals surface area contributed by atoms with Gasteiger partial charge in [-0.1, -0.05) is 35.3 Å². The van der Waals surface area contributed by atoms with Crippen molar-refractivity contribution >= 4 is 35.4 Å². The minimum Gasteiger partial charge on any atom is -0.335 e. The number of aromatic amines is 1. The first-order valence-electron chi connectivity index (χ1n) is 4.60. The number of rotatable bonds is 1. The number of hydrogen-bond donors (Lipinski definition) is 1. The lowest BCUT2D eigenvalue weighted by Gasteiger charge is -2.05. The predicted molar refractivity (Wildman–Crippen MR) is 69.6 cm³/mol. The van der Waals surface area contributed by atoms with E-state index in [9.17, 15) is 0 Å². The van der Waals surface area contributed by atoms with Crippen LogP contribution >= 0.6 is 35.4 Å². The molecule has 82 valence electrons. The first-order chi connectivity index (χ1) is 7.58. The lowest BCUT2D eigenvalue weighted by atomic mass is 10.1. The van der Waals surface area contributed by atoms with Crippen LogP contribution in [0.2, 0.25) is 10.0 Å². The van der Waals surface area contributed by atoms with E-state index >= 15 is 0 Å². The van der Waals surface area contributed by atoms with Crippen molar-refractivity contribution in [2.75, 3.05) is 0 Å². The molecule has 0 saturated heterocycles. The van der Waals surface area contributed by atoms with Crippen molar-refractivity contribution in [1.29, 1.82) is 0 Å². The van der Waals surface area contributed by atoms with Crippen LogP contribution in [0.3, 0.4) is 0 Å². The SMILES string of the molecule is Cc1cc(-c2cccc(Cl)c2Cl)nc(=S)[nH]1. The fraction of sp³-hybridized carbons (Fsp3) is 0.0909. The Bertz CT molecular complexity index is 593. The van der Waals surface area contributed by atoms with Crippen LogP contribution in [0.4, 0.5) is 0 Å². The highest BCUT2D eigenvalue weighted by Gasteiger charge is 2.08. The number of nitrogens with one attached hydrogen (secondary N) is 1. The molecule has 0 aliphatic rings. The van der Waals surface area contributed by atoms with Gasteiger partial charge in [-0.05, 0) is 31.3 Å². The van der Waals surface area contributed by atoms with Gasteiger partial charge in [-0.25, -0.2) is 4.98 Å². The van der Waals surface area contributed by atoms with Crippen molar-refractivity contribution in [2.45, 2.75) is 6.92 Å². The van der Waals surface area contributed by atoms with Crippen molar-refractivity contribution in [3.8, 4) is 11.3 Å². The highest BCUT2D eigenvalue weighted by molar-refractivity contribution is 7.71. The van der Waals surface area contributed by atoms with Gasteiger partial charge in [-0.2, -0.15) is 0 Å². The molecule has 0 saturated carbocycles. The number of hydrogen-bond acceptors (Lipinski definition) is 2. The zero-order valence-electron chi connectivity index (χ0n) is 8.42. The van der Waals surface area contributed by atoms with E-state index in [0.717, 1.165) is 17.0 Å². The van der Waals surface area contributed by atoms with Crippen LogP contribution in [-0.2, 0) is 0 Å². The second-order valence-corrected chi connectivity index (χ2v) is 4.53. The van der Waals surface area contributed by atoms with E-state index in [4.69, 9.17) is 35.4 Å². The monoisotopic (exact) mass is 270 g/mol. The molecule has 0 amide bonds. The number of aryl methyl sites for hydroxylation is 1. The summed E-state index contributed by atoms with van der Waals surface area (Å²) >= 11 is 17.1. The molecule has 0 aliphatic carbocycles. The second kappa shape index (κ2) is 4.53. The highest BCUT2D eigenvalue weighted by atomic mass is 35.5.